The summed E-state index contributed by atoms with van der Waals surface area (Å²) in [5, 5.41) is 10.1. The maximum absolute atomic E-state index is 4.83. The van der Waals surface area contributed by atoms with Gasteiger partial charge in [0.05, 0.1) is 5.69 Å². The number of hydrogen-bond acceptors (Lipinski definition) is 2. The number of benzene rings is 5. The Morgan fingerprint density at radius 2 is 1.39 bits per heavy atom. The third-order valence-electron chi connectivity index (χ3n) is 7.90. The lowest BCUT2D eigenvalue weighted by Gasteiger charge is -2.16. The molecule has 0 bridgehead atoms. The van der Waals surface area contributed by atoms with Crippen LogP contribution >= 0.6 is 0 Å². The van der Waals surface area contributed by atoms with E-state index in [1.807, 2.05) is 24.7 Å². The Balaban J connectivity index is 1.60. The van der Waals surface area contributed by atoms with Gasteiger partial charge in [0.1, 0.15) is 0 Å². The Kier molecular flexibility index (Phi) is 3.83. The Hall–Kier alpha value is -4.56. The molecule has 1 aliphatic carbocycles. The fraction of sp³-hybridized carbons (Fsp3) is 0.0588. The van der Waals surface area contributed by atoms with Crippen LogP contribution in [0, 0.1) is 13.8 Å². The minimum Gasteiger partial charge on any atom is -0.264 e. The van der Waals surface area contributed by atoms with E-state index in [9.17, 15) is 0 Å². The van der Waals surface area contributed by atoms with Crippen LogP contribution in [0.4, 0.5) is 0 Å². The highest BCUT2D eigenvalue weighted by molar-refractivity contribution is 6.29. The van der Waals surface area contributed by atoms with Crippen molar-refractivity contribution in [2.45, 2.75) is 13.8 Å². The molecule has 2 heterocycles. The van der Waals surface area contributed by atoms with E-state index in [-0.39, 0.29) is 0 Å². The molecule has 0 aliphatic heterocycles. The van der Waals surface area contributed by atoms with Gasteiger partial charge < -0.3 is 0 Å². The molecular weight excluding hydrogens is 436 g/mol. The van der Waals surface area contributed by atoms with Gasteiger partial charge in [-0.3, -0.25) is 9.97 Å². The van der Waals surface area contributed by atoms with Crippen molar-refractivity contribution >= 4 is 43.1 Å². The van der Waals surface area contributed by atoms with Crippen molar-refractivity contribution in [2.75, 3.05) is 0 Å². The smallest absolute Gasteiger partial charge is 0.0787 e. The zero-order valence-corrected chi connectivity index (χ0v) is 20.1. The first kappa shape index (κ1) is 19.7. The first-order valence-electron chi connectivity index (χ1n) is 12.4. The van der Waals surface area contributed by atoms with Gasteiger partial charge in [0.2, 0.25) is 0 Å². The molecular formula is C34H22N2. The zero-order chi connectivity index (χ0) is 24.0. The van der Waals surface area contributed by atoms with Gasteiger partial charge in [-0.25, -0.2) is 0 Å². The van der Waals surface area contributed by atoms with Gasteiger partial charge in [0.25, 0.3) is 0 Å². The molecule has 8 rings (SSSR count). The molecule has 7 aromatic rings. The SMILES string of the molecule is Cc1ccc2c(c1)c(-c1cccc3ccncc13)cc1c3ccc(C)c4c3c(cc21)-c1ncccc1-4. The van der Waals surface area contributed by atoms with Crippen LogP contribution in [0.3, 0.4) is 0 Å². The minimum absolute atomic E-state index is 1.10. The summed E-state index contributed by atoms with van der Waals surface area (Å²) in [6.45, 7) is 4.38. The molecule has 0 amide bonds. The third kappa shape index (κ3) is 2.51. The largest absolute Gasteiger partial charge is 0.264 e. The molecule has 0 N–H and O–H groups in total. The van der Waals surface area contributed by atoms with Crippen LogP contribution in [0.25, 0.3) is 76.6 Å². The van der Waals surface area contributed by atoms with Gasteiger partial charge in [-0.05, 0) is 98.1 Å². The van der Waals surface area contributed by atoms with Gasteiger partial charge in [-0.1, -0.05) is 60.2 Å². The van der Waals surface area contributed by atoms with Gasteiger partial charge in [-0.2, -0.15) is 0 Å². The average Bonchev–Trinajstić information content (AvgIpc) is 3.25. The van der Waals surface area contributed by atoms with Crippen LogP contribution in [-0.2, 0) is 0 Å². The van der Waals surface area contributed by atoms with Crippen LogP contribution in [-0.4, -0.2) is 9.97 Å². The van der Waals surface area contributed by atoms with E-state index in [0.717, 1.165) is 5.69 Å². The van der Waals surface area contributed by atoms with Crippen LogP contribution in [0.2, 0.25) is 0 Å². The fourth-order valence-electron chi connectivity index (χ4n) is 6.29. The van der Waals surface area contributed by atoms with E-state index in [2.05, 4.69) is 91.6 Å². The monoisotopic (exact) mass is 458 g/mol. The lowest BCUT2D eigenvalue weighted by atomic mass is 9.87. The van der Waals surface area contributed by atoms with E-state index >= 15 is 0 Å². The van der Waals surface area contributed by atoms with Gasteiger partial charge in [-0.15, -0.1) is 0 Å². The van der Waals surface area contributed by atoms with Crippen molar-refractivity contribution in [3.63, 3.8) is 0 Å². The number of aromatic nitrogens is 2. The molecule has 0 spiro atoms. The number of fused-ring (bicyclic) bond motifs is 8. The molecule has 2 aromatic heterocycles. The quantitative estimate of drug-likeness (QED) is 0.229. The first-order valence-corrected chi connectivity index (χ1v) is 12.4. The predicted octanol–water partition coefficient (Wildman–Crippen LogP) is 9.02. The molecule has 5 aromatic carbocycles. The fourth-order valence-corrected chi connectivity index (χ4v) is 6.29. The number of aryl methyl sites for hydroxylation is 2. The summed E-state index contributed by atoms with van der Waals surface area (Å²) in [5.74, 6) is 0. The molecule has 0 saturated carbocycles. The Morgan fingerprint density at radius 3 is 2.33 bits per heavy atom. The number of hydrogen-bond donors (Lipinski definition) is 0. The van der Waals surface area contributed by atoms with Crippen LogP contribution in [0.5, 0.6) is 0 Å². The summed E-state index contributed by atoms with van der Waals surface area (Å²) in [5.41, 5.74) is 9.95. The molecule has 0 radical (unpaired) electrons. The van der Waals surface area contributed by atoms with Gasteiger partial charge >= 0.3 is 0 Å². The predicted molar refractivity (Wildman–Crippen MR) is 151 cm³/mol. The topological polar surface area (TPSA) is 25.8 Å². The molecule has 0 atom stereocenters. The average molecular weight is 459 g/mol. The number of pyridine rings is 2. The molecule has 1 aliphatic rings. The normalized spacial score (nSPS) is 12.2. The second kappa shape index (κ2) is 6.99. The van der Waals surface area contributed by atoms with Crippen molar-refractivity contribution in [1.82, 2.24) is 9.97 Å². The van der Waals surface area contributed by atoms with Crippen LogP contribution < -0.4 is 0 Å². The van der Waals surface area contributed by atoms with E-state index in [1.165, 1.54) is 82.0 Å². The maximum atomic E-state index is 4.83. The molecule has 36 heavy (non-hydrogen) atoms. The molecule has 0 unspecified atom stereocenters. The molecule has 0 fully saturated rings. The minimum atomic E-state index is 1.10. The maximum Gasteiger partial charge on any atom is 0.0787 e. The number of rotatable bonds is 1. The highest BCUT2D eigenvalue weighted by Crippen LogP contribution is 2.51. The van der Waals surface area contributed by atoms with Gasteiger partial charge in [0, 0.05) is 35.1 Å². The summed E-state index contributed by atoms with van der Waals surface area (Å²) in [4.78, 5) is 9.30. The highest BCUT2D eigenvalue weighted by atomic mass is 14.7. The Morgan fingerprint density at radius 1 is 0.556 bits per heavy atom. The van der Waals surface area contributed by atoms with Crippen molar-refractivity contribution in [2.24, 2.45) is 0 Å². The van der Waals surface area contributed by atoms with Crippen molar-refractivity contribution in [1.29, 1.82) is 0 Å². The molecule has 2 nitrogen and oxygen atoms in total. The second-order valence-electron chi connectivity index (χ2n) is 9.97. The van der Waals surface area contributed by atoms with Crippen molar-refractivity contribution in [3.8, 4) is 33.5 Å². The van der Waals surface area contributed by atoms with E-state index in [0.29, 0.717) is 0 Å². The lowest BCUT2D eigenvalue weighted by Crippen LogP contribution is -1.90. The first-order chi connectivity index (χ1) is 17.7. The standard InChI is InChI=1S/C34H22N2/c1-19-8-10-23-26(15-19)27(22-6-3-5-21-12-14-35-18-31(21)22)16-29-24-11-9-20(2)32-25-7-4-13-36-34(25)30(33(24)32)17-28(23)29/h3-18H,1-2H3. The lowest BCUT2D eigenvalue weighted by molar-refractivity contribution is 1.34. The second-order valence-corrected chi connectivity index (χ2v) is 9.97. The van der Waals surface area contributed by atoms with E-state index < -0.39 is 0 Å². The summed E-state index contributed by atoms with van der Waals surface area (Å²) < 4.78 is 0. The highest BCUT2D eigenvalue weighted by Gasteiger charge is 2.26. The Labute approximate surface area is 208 Å². The zero-order valence-electron chi connectivity index (χ0n) is 20.1. The summed E-state index contributed by atoms with van der Waals surface area (Å²) in [6, 6.07) is 29.1. The van der Waals surface area contributed by atoms with E-state index in [1.54, 1.807) is 0 Å². The van der Waals surface area contributed by atoms with E-state index in [4.69, 9.17) is 4.98 Å². The summed E-state index contributed by atoms with van der Waals surface area (Å²) >= 11 is 0. The molecule has 168 valence electrons. The van der Waals surface area contributed by atoms with Crippen LogP contribution in [0.1, 0.15) is 11.1 Å². The van der Waals surface area contributed by atoms with Gasteiger partial charge in [0.15, 0.2) is 0 Å². The summed E-state index contributed by atoms with van der Waals surface area (Å²) in [6.07, 6.45) is 5.78. The van der Waals surface area contributed by atoms with Crippen molar-refractivity contribution in [3.05, 3.63) is 109 Å². The summed E-state index contributed by atoms with van der Waals surface area (Å²) in [7, 11) is 0. The Bertz CT molecular complexity index is 2060. The molecule has 0 saturated heterocycles. The third-order valence-corrected chi connectivity index (χ3v) is 7.90. The number of nitrogens with zero attached hydrogens (tertiary/aromatic N) is 2. The van der Waals surface area contributed by atoms with Crippen molar-refractivity contribution < 1.29 is 0 Å². The van der Waals surface area contributed by atoms with Crippen LogP contribution in [0.15, 0.2) is 97.5 Å². The molecule has 2 heteroatoms.